The molecule has 7 nitrogen and oxygen atoms in total. The molecule has 0 saturated heterocycles. The summed E-state index contributed by atoms with van der Waals surface area (Å²) >= 11 is 0. The predicted molar refractivity (Wildman–Crippen MR) is 69.6 cm³/mol. The molecular formula is C11H19N3O4S. The van der Waals surface area contributed by atoms with Crippen LogP contribution in [0.4, 0.5) is 0 Å². The Hall–Kier alpha value is -1.41. The number of hydrogen-bond donors (Lipinski definition) is 2. The van der Waals surface area contributed by atoms with Crippen molar-refractivity contribution in [2.24, 2.45) is 0 Å². The molecule has 0 aliphatic rings. The Morgan fingerprint density at radius 2 is 1.95 bits per heavy atom. The van der Waals surface area contributed by atoms with Crippen molar-refractivity contribution < 1.29 is 18.3 Å². The third-order valence-electron chi connectivity index (χ3n) is 3.21. The first-order valence-electron chi connectivity index (χ1n) is 6.03. The maximum absolute atomic E-state index is 12.4. The van der Waals surface area contributed by atoms with E-state index in [2.05, 4.69) is 10.2 Å². The van der Waals surface area contributed by atoms with Gasteiger partial charge in [0.05, 0.1) is 0 Å². The highest BCUT2D eigenvalue weighted by Crippen LogP contribution is 2.22. The number of aromatic carboxylic acids is 1. The van der Waals surface area contributed by atoms with E-state index in [4.69, 9.17) is 5.11 Å². The molecular weight excluding hydrogens is 270 g/mol. The Bertz CT molecular complexity index is 560. The summed E-state index contributed by atoms with van der Waals surface area (Å²) in [5.74, 6) is -1.30. The van der Waals surface area contributed by atoms with Crippen LogP contribution in [0.25, 0.3) is 0 Å². The molecule has 1 aromatic rings. The molecule has 0 aliphatic heterocycles. The summed E-state index contributed by atoms with van der Waals surface area (Å²) in [5, 5.41) is 14.7. The fourth-order valence-electron chi connectivity index (χ4n) is 1.98. The van der Waals surface area contributed by atoms with Crippen LogP contribution >= 0.6 is 0 Å². The van der Waals surface area contributed by atoms with Crippen LogP contribution in [0.15, 0.2) is 5.03 Å². The quantitative estimate of drug-likeness (QED) is 0.819. The lowest BCUT2D eigenvalue weighted by atomic mass is 10.2. The van der Waals surface area contributed by atoms with Gasteiger partial charge in [0.1, 0.15) is 5.56 Å². The van der Waals surface area contributed by atoms with Gasteiger partial charge in [-0.25, -0.2) is 13.2 Å². The average Bonchev–Trinajstić information content (AvgIpc) is 2.73. The van der Waals surface area contributed by atoms with Gasteiger partial charge in [-0.3, -0.25) is 5.10 Å². The Morgan fingerprint density at radius 1 is 1.42 bits per heavy atom. The Balaban J connectivity index is 3.32. The van der Waals surface area contributed by atoms with Crippen LogP contribution in [0, 0.1) is 6.92 Å². The van der Waals surface area contributed by atoms with Crippen molar-refractivity contribution >= 4 is 16.0 Å². The van der Waals surface area contributed by atoms with Crippen LogP contribution in [0.1, 0.15) is 42.7 Å². The molecule has 8 heteroatoms. The maximum Gasteiger partial charge on any atom is 0.340 e. The van der Waals surface area contributed by atoms with Crippen LogP contribution in [0.5, 0.6) is 0 Å². The van der Waals surface area contributed by atoms with Gasteiger partial charge < -0.3 is 5.11 Å². The summed E-state index contributed by atoms with van der Waals surface area (Å²) in [6.07, 6.45) is 1.30. The second-order valence-corrected chi connectivity index (χ2v) is 6.24. The highest BCUT2D eigenvalue weighted by atomic mass is 32.2. The highest BCUT2D eigenvalue weighted by Gasteiger charge is 2.33. The molecule has 0 spiro atoms. The molecule has 0 aromatic carbocycles. The van der Waals surface area contributed by atoms with Crippen molar-refractivity contribution in [3.8, 4) is 0 Å². The first-order valence-corrected chi connectivity index (χ1v) is 7.47. The SMILES string of the molecule is CCC(CC)N(C)S(=O)(=O)c1n[nH]c(C)c1C(=O)O. The molecule has 0 unspecified atom stereocenters. The third-order valence-corrected chi connectivity index (χ3v) is 5.05. The highest BCUT2D eigenvalue weighted by molar-refractivity contribution is 7.89. The lowest BCUT2D eigenvalue weighted by Crippen LogP contribution is -2.37. The van der Waals surface area contributed by atoms with Gasteiger partial charge in [-0.15, -0.1) is 0 Å². The zero-order valence-corrected chi connectivity index (χ0v) is 12.3. The molecule has 108 valence electrons. The zero-order chi connectivity index (χ0) is 14.8. The number of aryl methyl sites for hydroxylation is 1. The summed E-state index contributed by atoms with van der Waals surface area (Å²) < 4.78 is 26.0. The van der Waals surface area contributed by atoms with Gasteiger partial charge in [0.25, 0.3) is 10.0 Å². The molecule has 0 amide bonds. The number of nitrogens with zero attached hydrogens (tertiary/aromatic N) is 2. The van der Waals surface area contributed by atoms with Gasteiger partial charge in [0.2, 0.25) is 5.03 Å². The van der Waals surface area contributed by atoms with Crippen LogP contribution < -0.4 is 0 Å². The maximum atomic E-state index is 12.4. The molecule has 0 atom stereocenters. The van der Waals surface area contributed by atoms with E-state index in [1.807, 2.05) is 13.8 Å². The smallest absolute Gasteiger partial charge is 0.340 e. The monoisotopic (exact) mass is 289 g/mol. The number of aromatic amines is 1. The van der Waals surface area contributed by atoms with E-state index in [0.29, 0.717) is 12.8 Å². The Labute approximate surface area is 112 Å². The third kappa shape index (κ3) is 2.79. The average molecular weight is 289 g/mol. The van der Waals surface area contributed by atoms with Gasteiger partial charge >= 0.3 is 5.97 Å². The van der Waals surface area contributed by atoms with Crippen molar-refractivity contribution in [1.29, 1.82) is 0 Å². The number of carboxylic acids is 1. The summed E-state index contributed by atoms with van der Waals surface area (Å²) in [6.45, 7) is 5.24. The standard InChI is InChI=1S/C11H19N3O4S/c1-5-8(6-2)14(4)19(17,18)10-9(11(15)16)7(3)12-13-10/h8H,5-6H2,1-4H3,(H,12,13)(H,15,16). The fourth-order valence-corrected chi connectivity index (χ4v) is 3.60. The van der Waals surface area contributed by atoms with Crippen molar-refractivity contribution in [2.75, 3.05) is 7.05 Å². The van der Waals surface area contributed by atoms with Crippen molar-refractivity contribution in [2.45, 2.75) is 44.7 Å². The minimum atomic E-state index is -3.91. The molecule has 0 fully saturated rings. The number of carboxylic acid groups (broad SMARTS) is 1. The normalized spacial score (nSPS) is 12.3. The lowest BCUT2D eigenvalue weighted by Gasteiger charge is -2.24. The first kappa shape index (κ1) is 15.6. The first-order chi connectivity index (χ1) is 8.77. The molecule has 2 N–H and O–H groups in total. The number of carbonyl (C=O) groups is 1. The van der Waals surface area contributed by atoms with Crippen molar-refractivity contribution in [3.05, 3.63) is 11.3 Å². The number of sulfonamides is 1. The topological polar surface area (TPSA) is 103 Å². The summed E-state index contributed by atoms with van der Waals surface area (Å²) in [7, 11) is -2.46. The number of hydrogen-bond acceptors (Lipinski definition) is 4. The summed E-state index contributed by atoms with van der Waals surface area (Å²) in [6, 6.07) is -0.177. The van der Waals surface area contributed by atoms with Gasteiger partial charge in [-0.1, -0.05) is 13.8 Å². The van der Waals surface area contributed by atoms with Crippen molar-refractivity contribution in [3.63, 3.8) is 0 Å². The summed E-state index contributed by atoms with van der Waals surface area (Å²) in [4.78, 5) is 11.1. The van der Waals surface area contributed by atoms with Gasteiger partial charge in [0.15, 0.2) is 0 Å². The Kier molecular flexibility index (Phi) is 4.70. The van der Waals surface area contributed by atoms with E-state index in [-0.39, 0.29) is 17.3 Å². The van der Waals surface area contributed by atoms with Crippen LogP contribution in [0.2, 0.25) is 0 Å². The number of H-pyrrole nitrogens is 1. The van der Waals surface area contributed by atoms with Gasteiger partial charge in [-0.05, 0) is 19.8 Å². The molecule has 1 rings (SSSR count). The second kappa shape index (κ2) is 5.70. The van der Waals surface area contributed by atoms with E-state index >= 15 is 0 Å². The lowest BCUT2D eigenvalue weighted by molar-refractivity contribution is 0.0691. The van der Waals surface area contributed by atoms with Crippen LogP contribution in [-0.2, 0) is 10.0 Å². The molecule has 1 aromatic heterocycles. The van der Waals surface area contributed by atoms with E-state index in [1.54, 1.807) is 0 Å². The van der Waals surface area contributed by atoms with E-state index in [9.17, 15) is 13.2 Å². The van der Waals surface area contributed by atoms with Crippen LogP contribution in [0.3, 0.4) is 0 Å². The molecule has 0 radical (unpaired) electrons. The predicted octanol–water partition coefficient (Wildman–Crippen LogP) is 1.23. The number of nitrogens with one attached hydrogen (secondary N) is 1. The van der Waals surface area contributed by atoms with Gasteiger partial charge in [0, 0.05) is 18.8 Å². The van der Waals surface area contributed by atoms with Crippen LogP contribution in [-0.4, -0.2) is 47.1 Å². The molecule has 19 heavy (non-hydrogen) atoms. The fraction of sp³-hybridized carbons (Fsp3) is 0.636. The Morgan fingerprint density at radius 3 is 2.37 bits per heavy atom. The van der Waals surface area contributed by atoms with Gasteiger partial charge in [-0.2, -0.15) is 9.40 Å². The summed E-state index contributed by atoms with van der Waals surface area (Å²) in [5.41, 5.74) is -0.0678. The largest absolute Gasteiger partial charge is 0.478 e. The minimum Gasteiger partial charge on any atom is -0.478 e. The molecule has 0 aliphatic carbocycles. The molecule has 0 saturated carbocycles. The second-order valence-electron chi connectivity index (χ2n) is 4.33. The van der Waals surface area contributed by atoms with E-state index in [1.165, 1.54) is 18.3 Å². The molecule has 0 bridgehead atoms. The number of rotatable bonds is 6. The number of aromatic nitrogens is 2. The van der Waals surface area contributed by atoms with E-state index in [0.717, 1.165) is 0 Å². The zero-order valence-electron chi connectivity index (χ0n) is 11.5. The minimum absolute atomic E-state index is 0.177. The van der Waals surface area contributed by atoms with Crippen molar-refractivity contribution in [1.82, 2.24) is 14.5 Å². The van der Waals surface area contributed by atoms with E-state index < -0.39 is 21.0 Å². The molecule has 1 heterocycles.